The number of halogens is 1. The third-order valence-corrected chi connectivity index (χ3v) is 5.41. The SMILES string of the molecule is Cc1[nH]c2ccc(CNC(=O)C3CCCCC3(C)N)cc2c1C.Cl. The van der Waals surface area contributed by atoms with Gasteiger partial charge in [0.25, 0.3) is 0 Å². The van der Waals surface area contributed by atoms with Gasteiger partial charge in [-0.05, 0) is 56.9 Å². The van der Waals surface area contributed by atoms with Crippen molar-refractivity contribution in [3.8, 4) is 0 Å². The normalized spacial score (nSPS) is 23.8. The van der Waals surface area contributed by atoms with Gasteiger partial charge >= 0.3 is 0 Å². The molecule has 1 saturated carbocycles. The summed E-state index contributed by atoms with van der Waals surface area (Å²) in [7, 11) is 0. The maximum absolute atomic E-state index is 12.5. The highest BCUT2D eigenvalue weighted by atomic mass is 35.5. The first-order valence-corrected chi connectivity index (χ1v) is 8.53. The first-order chi connectivity index (χ1) is 10.9. The molecule has 2 aromatic rings. The van der Waals surface area contributed by atoms with Crippen LogP contribution >= 0.6 is 12.4 Å². The fourth-order valence-electron chi connectivity index (χ4n) is 3.72. The molecule has 3 rings (SSSR count). The highest BCUT2D eigenvalue weighted by Crippen LogP contribution is 2.31. The van der Waals surface area contributed by atoms with E-state index in [1.165, 1.54) is 16.6 Å². The molecule has 0 spiro atoms. The summed E-state index contributed by atoms with van der Waals surface area (Å²) in [6.07, 6.45) is 4.05. The first-order valence-electron chi connectivity index (χ1n) is 8.53. The number of nitrogens with two attached hydrogens (primary N) is 1. The lowest BCUT2D eigenvalue weighted by Gasteiger charge is -2.37. The topological polar surface area (TPSA) is 70.9 Å². The number of aromatic amines is 1. The van der Waals surface area contributed by atoms with Crippen molar-refractivity contribution in [3.63, 3.8) is 0 Å². The zero-order valence-corrected chi connectivity index (χ0v) is 15.6. The fourth-order valence-corrected chi connectivity index (χ4v) is 3.72. The number of rotatable bonds is 3. The van der Waals surface area contributed by atoms with E-state index in [1.807, 2.05) is 6.92 Å². The van der Waals surface area contributed by atoms with E-state index in [4.69, 9.17) is 5.73 Å². The Labute approximate surface area is 150 Å². The average Bonchev–Trinajstić information content (AvgIpc) is 2.79. The lowest BCUT2D eigenvalue weighted by molar-refractivity contribution is -0.128. The van der Waals surface area contributed by atoms with Crippen LogP contribution in [0.3, 0.4) is 0 Å². The van der Waals surface area contributed by atoms with Crippen molar-refractivity contribution < 1.29 is 4.79 Å². The summed E-state index contributed by atoms with van der Waals surface area (Å²) in [5.41, 5.74) is 10.7. The quantitative estimate of drug-likeness (QED) is 0.790. The van der Waals surface area contributed by atoms with E-state index in [-0.39, 0.29) is 29.8 Å². The summed E-state index contributed by atoms with van der Waals surface area (Å²) in [6.45, 7) is 6.78. The van der Waals surface area contributed by atoms with Gasteiger partial charge in [-0.25, -0.2) is 0 Å². The molecule has 1 fully saturated rings. The molecular weight excluding hydrogens is 322 g/mol. The van der Waals surface area contributed by atoms with Gasteiger partial charge in [0, 0.05) is 28.7 Å². The standard InChI is InChI=1S/C19H27N3O.ClH/c1-12-13(2)22-17-8-7-14(10-15(12)17)11-21-18(23)16-6-4-5-9-19(16,3)20;/h7-8,10,16,22H,4-6,9,11,20H2,1-3H3,(H,21,23);1H. The molecule has 1 aliphatic rings. The number of H-pyrrole nitrogens is 1. The van der Waals surface area contributed by atoms with Crippen LogP contribution in [0.1, 0.15) is 49.4 Å². The lowest BCUT2D eigenvalue weighted by atomic mass is 9.74. The maximum Gasteiger partial charge on any atom is 0.225 e. The Balaban J connectivity index is 0.00000208. The van der Waals surface area contributed by atoms with E-state index in [1.54, 1.807) is 0 Å². The van der Waals surface area contributed by atoms with Gasteiger partial charge in [-0.15, -0.1) is 12.4 Å². The predicted molar refractivity (Wildman–Crippen MR) is 101 cm³/mol. The molecule has 1 aromatic heterocycles. The Hall–Kier alpha value is -1.52. The van der Waals surface area contributed by atoms with Crippen molar-refractivity contribution in [2.75, 3.05) is 0 Å². The van der Waals surface area contributed by atoms with E-state index < -0.39 is 0 Å². The van der Waals surface area contributed by atoms with Gasteiger partial charge in [-0.1, -0.05) is 18.9 Å². The number of nitrogens with one attached hydrogen (secondary N) is 2. The van der Waals surface area contributed by atoms with Crippen LogP contribution in [-0.4, -0.2) is 16.4 Å². The van der Waals surface area contributed by atoms with Crippen molar-refractivity contribution in [2.45, 2.75) is 58.5 Å². The Morgan fingerprint density at radius 3 is 2.83 bits per heavy atom. The van der Waals surface area contributed by atoms with Gasteiger partial charge in [0.15, 0.2) is 0 Å². The van der Waals surface area contributed by atoms with Gasteiger partial charge < -0.3 is 16.0 Å². The second kappa shape index (κ2) is 7.16. The summed E-state index contributed by atoms with van der Waals surface area (Å²) in [4.78, 5) is 15.9. The Morgan fingerprint density at radius 1 is 1.38 bits per heavy atom. The van der Waals surface area contributed by atoms with Crippen LogP contribution in [0.25, 0.3) is 10.9 Å². The molecule has 0 aliphatic heterocycles. The van der Waals surface area contributed by atoms with Crippen LogP contribution in [0.4, 0.5) is 0 Å². The van der Waals surface area contributed by atoms with E-state index in [0.717, 1.165) is 36.8 Å². The number of benzene rings is 1. The van der Waals surface area contributed by atoms with Gasteiger partial charge in [0.05, 0.1) is 5.92 Å². The maximum atomic E-state index is 12.5. The molecule has 2 unspecified atom stereocenters. The molecular formula is C19H28ClN3O. The highest BCUT2D eigenvalue weighted by Gasteiger charge is 2.37. The molecule has 24 heavy (non-hydrogen) atoms. The number of amides is 1. The summed E-state index contributed by atoms with van der Waals surface area (Å²) in [6, 6.07) is 6.32. The van der Waals surface area contributed by atoms with Crippen molar-refractivity contribution in [2.24, 2.45) is 11.7 Å². The smallest absolute Gasteiger partial charge is 0.225 e. The van der Waals surface area contributed by atoms with Crippen molar-refractivity contribution in [1.82, 2.24) is 10.3 Å². The second-order valence-corrected chi connectivity index (χ2v) is 7.28. The minimum Gasteiger partial charge on any atom is -0.358 e. The number of hydrogen-bond donors (Lipinski definition) is 3. The van der Waals surface area contributed by atoms with E-state index in [9.17, 15) is 4.79 Å². The molecule has 1 aromatic carbocycles. The first kappa shape index (κ1) is 18.8. The Bertz CT molecular complexity index is 736. The summed E-state index contributed by atoms with van der Waals surface area (Å²) >= 11 is 0. The Morgan fingerprint density at radius 2 is 2.12 bits per heavy atom. The minimum atomic E-state index is -0.374. The second-order valence-electron chi connectivity index (χ2n) is 7.28. The van der Waals surface area contributed by atoms with Crippen LogP contribution in [0.15, 0.2) is 18.2 Å². The molecule has 1 aliphatic carbocycles. The number of hydrogen-bond acceptors (Lipinski definition) is 2. The van der Waals surface area contributed by atoms with Crippen LogP contribution in [0, 0.1) is 19.8 Å². The molecule has 4 N–H and O–H groups in total. The largest absolute Gasteiger partial charge is 0.358 e. The van der Waals surface area contributed by atoms with Crippen LogP contribution in [0.2, 0.25) is 0 Å². The number of carbonyl (C=O) groups is 1. The summed E-state index contributed by atoms with van der Waals surface area (Å²) in [5, 5.41) is 4.32. The molecule has 5 heteroatoms. The Kier molecular flexibility index (Phi) is 5.61. The monoisotopic (exact) mass is 349 g/mol. The average molecular weight is 350 g/mol. The molecule has 2 atom stereocenters. The zero-order chi connectivity index (χ0) is 16.6. The van der Waals surface area contributed by atoms with Gasteiger partial charge in [0.2, 0.25) is 5.91 Å². The molecule has 132 valence electrons. The fraction of sp³-hybridized carbons (Fsp3) is 0.526. The molecule has 0 saturated heterocycles. The van der Waals surface area contributed by atoms with Crippen LogP contribution in [-0.2, 0) is 11.3 Å². The van der Waals surface area contributed by atoms with Gasteiger partial charge in [-0.2, -0.15) is 0 Å². The minimum absolute atomic E-state index is 0. The third kappa shape index (κ3) is 3.60. The van der Waals surface area contributed by atoms with Crippen molar-refractivity contribution >= 4 is 29.2 Å². The zero-order valence-electron chi connectivity index (χ0n) is 14.7. The number of aryl methyl sites for hydroxylation is 2. The third-order valence-electron chi connectivity index (χ3n) is 5.41. The van der Waals surface area contributed by atoms with Crippen LogP contribution in [0.5, 0.6) is 0 Å². The predicted octanol–water partition coefficient (Wildman–Crippen LogP) is 3.73. The molecule has 4 nitrogen and oxygen atoms in total. The van der Waals surface area contributed by atoms with Gasteiger partial charge in [0.1, 0.15) is 0 Å². The highest BCUT2D eigenvalue weighted by molar-refractivity contribution is 5.86. The number of aromatic nitrogens is 1. The lowest BCUT2D eigenvalue weighted by Crippen LogP contribution is -2.52. The van der Waals surface area contributed by atoms with Gasteiger partial charge in [-0.3, -0.25) is 4.79 Å². The number of carbonyl (C=O) groups excluding carboxylic acids is 1. The summed E-state index contributed by atoms with van der Waals surface area (Å²) < 4.78 is 0. The number of fused-ring (bicyclic) bond motifs is 1. The summed E-state index contributed by atoms with van der Waals surface area (Å²) in [5.74, 6) is 0.0213. The van der Waals surface area contributed by atoms with E-state index >= 15 is 0 Å². The van der Waals surface area contributed by atoms with Crippen molar-refractivity contribution in [3.05, 3.63) is 35.0 Å². The molecule has 0 radical (unpaired) electrons. The van der Waals surface area contributed by atoms with Crippen molar-refractivity contribution in [1.29, 1.82) is 0 Å². The van der Waals surface area contributed by atoms with E-state index in [0.29, 0.717) is 6.54 Å². The molecule has 0 bridgehead atoms. The van der Waals surface area contributed by atoms with E-state index in [2.05, 4.69) is 42.3 Å². The molecule has 1 heterocycles. The van der Waals surface area contributed by atoms with Crippen LogP contribution < -0.4 is 11.1 Å². The molecule has 1 amide bonds.